The Morgan fingerprint density at radius 2 is 1.86 bits per heavy atom. The highest BCUT2D eigenvalue weighted by molar-refractivity contribution is 9.10. The van der Waals surface area contributed by atoms with Gasteiger partial charge in [-0.05, 0) is 36.4 Å². The van der Waals surface area contributed by atoms with Crippen molar-refractivity contribution in [1.29, 1.82) is 0 Å². The normalized spacial score (nSPS) is 16.3. The van der Waals surface area contributed by atoms with Crippen molar-refractivity contribution in [2.45, 2.75) is 6.10 Å². The average Bonchev–Trinajstić information content (AvgIpc) is 2.53. The number of fused-ring (bicyclic) bond motifs is 1. The van der Waals surface area contributed by atoms with Gasteiger partial charge in [-0.3, -0.25) is 4.79 Å². The van der Waals surface area contributed by atoms with Crippen LogP contribution in [0.25, 0.3) is 0 Å². The maximum atomic E-state index is 12.0. The molecule has 0 aliphatic carbocycles. The van der Waals surface area contributed by atoms with E-state index in [0.717, 1.165) is 10.2 Å². The van der Waals surface area contributed by atoms with Crippen LogP contribution in [-0.2, 0) is 0 Å². The van der Waals surface area contributed by atoms with Gasteiger partial charge in [-0.15, -0.1) is 0 Å². The summed E-state index contributed by atoms with van der Waals surface area (Å²) >= 11 is 3.34. The minimum Gasteiger partial charge on any atom is -0.486 e. The fraction of sp³-hybridized carbons (Fsp3) is 0.188. The molecule has 2 aromatic rings. The van der Waals surface area contributed by atoms with Crippen LogP contribution in [0.2, 0.25) is 0 Å². The van der Waals surface area contributed by atoms with Crippen LogP contribution in [0.5, 0.6) is 11.5 Å². The van der Waals surface area contributed by atoms with Gasteiger partial charge in [0.15, 0.2) is 11.5 Å². The highest BCUT2D eigenvalue weighted by Gasteiger charge is 2.21. The van der Waals surface area contributed by atoms with E-state index in [1.807, 2.05) is 36.4 Å². The van der Waals surface area contributed by atoms with Crippen LogP contribution in [0, 0.1) is 0 Å². The van der Waals surface area contributed by atoms with E-state index >= 15 is 0 Å². The molecular weight excluding hydrogens is 334 g/mol. The number of rotatable bonds is 3. The van der Waals surface area contributed by atoms with Gasteiger partial charge in [-0.1, -0.05) is 28.1 Å². The molecule has 3 rings (SSSR count). The zero-order chi connectivity index (χ0) is 14.7. The standard InChI is InChI=1S/C16H14BrNO3/c17-12-7-5-11(6-8-12)16(19)18-9-13-10-20-14-3-1-2-4-15(14)21-13/h1-8,13H,9-10H2,(H,18,19)/t13-/m0/s1. The van der Waals surface area contributed by atoms with Crippen LogP contribution in [0.1, 0.15) is 10.4 Å². The Morgan fingerprint density at radius 1 is 1.14 bits per heavy atom. The van der Waals surface area contributed by atoms with Gasteiger partial charge in [0.2, 0.25) is 0 Å². The number of hydrogen-bond acceptors (Lipinski definition) is 3. The van der Waals surface area contributed by atoms with E-state index in [9.17, 15) is 4.79 Å². The zero-order valence-electron chi connectivity index (χ0n) is 11.2. The van der Waals surface area contributed by atoms with Crippen LogP contribution in [0.15, 0.2) is 53.0 Å². The van der Waals surface area contributed by atoms with Crippen LogP contribution >= 0.6 is 15.9 Å². The second-order valence-corrected chi connectivity index (χ2v) is 5.63. The molecule has 0 unspecified atom stereocenters. The van der Waals surface area contributed by atoms with E-state index in [1.54, 1.807) is 12.1 Å². The lowest BCUT2D eigenvalue weighted by Gasteiger charge is -2.26. The first kappa shape index (κ1) is 13.9. The number of nitrogens with one attached hydrogen (secondary N) is 1. The molecule has 0 bridgehead atoms. The molecule has 0 saturated carbocycles. The molecule has 0 fully saturated rings. The molecule has 5 heteroatoms. The van der Waals surface area contributed by atoms with Crippen molar-refractivity contribution in [3.05, 3.63) is 58.6 Å². The molecule has 2 aromatic carbocycles. The second-order valence-electron chi connectivity index (χ2n) is 4.71. The molecule has 4 nitrogen and oxygen atoms in total. The number of halogens is 1. The Morgan fingerprint density at radius 3 is 2.62 bits per heavy atom. The fourth-order valence-corrected chi connectivity index (χ4v) is 2.34. The number of ether oxygens (including phenoxy) is 2. The summed E-state index contributed by atoms with van der Waals surface area (Å²) in [6.07, 6.45) is -0.181. The summed E-state index contributed by atoms with van der Waals surface area (Å²) in [6.45, 7) is 0.834. The van der Waals surface area contributed by atoms with E-state index < -0.39 is 0 Å². The fourth-order valence-electron chi connectivity index (χ4n) is 2.07. The first-order valence-electron chi connectivity index (χ1n) is 6.64. The molecule has 0 spiro atoms. The average molecular weight is 348 g/mol. The summed E-state index contributed by atoms with van der Waals surface area (Å²) in [6, 6.07) is 14.7. The van der Waals surface area contributed by atoms with Crippen molar-refractivity contribution in [3.63, 3.8) is 0 Å². The summed E-state index contributed by atoms with van der Waals surface area (Å²) in [4.78, 5) is 12.0. The Hall–Kier alpha value is -2.01. The highest BCUT2D eigenvalue weighted by atomic mass is 79.9. The van der Waals surface area contributed by atoms with Crippen LogP contribution in [-0.4, -0.2) is 25.2 Å². The van der Waals surface area contributed by atoms with Gasteiger partial charge in [0, 0.05) is 10.0 Å². The van der Waals surface area contributed by atoms with Crippen molar-refractivity contribution in [1.82, 2.24) is 5.32 Å². The number of hydrogen-bond donors (Lipinski definition) is 1. The van der Waals surface area contributed by atoms with Gasteiger partial charge < -0.3 is 14.8 Å². The lowest BCUT2D eigenvalue weighted by Crippen LogP contribution is -2.40. The van der Waals surface area contributed by atoms with Gasteiger partial charge in [-0.2, -0.15) is 0 Å². The molecule has 1 heterocycles. The summed E-state index contributed by atoms with van der Waals surface area (Å²) < 4.78 is 12.3. The lowest BCUT2D eigenvalue weighted by molar-refractivity contribution is 0.0789. The molecule has 0 aromatic heterocycles. The van der Waals surface area contributed by atoms with Gasteiger partial charge in [0.1, 0.15) is 12.7 Å². The van der Waals surface area contributed by atoms with Crippen LogP contribution in [0.4, 0.5) is 0 Å². The van der Waals surface area contributed by atoms with Crippen molar-refractivity contribution < 1.29 is 14.3 Å². The maximum absolute atomic E-state index is 12.0. The molecule has 21 heavy (non-hydrogen) atoms. The number of amides is 1. The Labute approximate surface area is 131 Å². The van der Waals surface area contributed by atoms with E-state index in [-0.39, 0.29) is 12.0 Å². The largest absolute Gasteiger partial charge is 0.486 e. The van der Waals surface area contributed by atoms with Gasteiger partial charge in [0.05, 0.1) is 6.54 Å². The Balaban J connectivity index is 1.56. The number of benzene rings is 2. The highest BCUT2D eigenvalue weighted by Crippen LogP contribution is 2.30. The molecule has 1 aliphatic heterocycles. The lowest BCUT2D eigenvalue weighted by atomic mass is 10.2. The van der Waals surface area contributed by atoms with E-state index in [1.165, 1.54) is 0 Å². The number of carbonyl (C=O) groups is 1. The van der Waals surface area contributed by atoms with Crippen molar-refractivity contribution in [3.8, 4) is 11.5 Å². The van der Waals surface area contributed by atoms with Gasteiger partial charge in [0.25, 0.3) is 5.91 Å². The molecule has 1 atom stereocenters. The van der Waals surface area contributed by atoms with Gasteiger partial charge in [-0.25, -0.2) is 0 Å². The van der Waals surface area contributed by atoms with Crippen molar-refractivity contribution in [2.75, 3.05) is 13.2 Å². The molecule has 1 aliphatic rings. The predicted octanol–water partition coefficient (Wildman–Crippen LogP) is 3.02. The van der Waals surface area contributed by atoms with E-state index in [4.69, 9.17) is 9.47 Å². The summed E-state index contributed by atoms with van der Waals surface area (Å²) in [5.74, 6) is 1.34. The summed E-state index contributed by atoms with van der Waals surface area (Å²) in [7, 11) is 0. The second kappa shape index (κ2) is 6.18. The van der Waals surface area contributed by atoms with Gasteiger partial charge >= 0.3 is 0 Å². The molecule has 1 amide bonds. The van der Waals surface area contributed by atoms with Crippen molar-refractivity contribution >= 4 is 21.8 Å². The Kier molecular flexibility index (Phi) is 4.10. The number of para-hydroxylation sites is 2. The minimum atomic E-state index is -0.181. The smallest absolute Gasteiger partial charge is 0.251 e. The topological polar surface area (TPSA) is 47.6 Å². The minimum absolute atomic E-state index is 0.120. The third kappa shape index (κ3) is 3.36. The van der Waals surface area contributed by atoms with Crippen LogP contribution < -0.4 is 14.8 Å². The maximum Gasteiger partial charge on any atom is 0.251 e. The molecular formula is C16H14BrNO3. The SMILES string of the molecule is O=C(NC[C@H]1COc2ccccc2O1)c1ccc(Br)cc1. The summed E-state index contributed by atoms with van der Waals surface area (Å²) in [5, 5.41) is 2.86. The van der Waals surface area contributed by atoms with E-state index in [0.29, 0.717) is 24.5 Å². The third-order valence-corrected chi connectivity index (χ3v) is 3.69. The summed E-state index contributed by atoms with van der Waals surface area (Å²) in [5.41, 5.74) is 0.621. The molecule has 0 radical (unpaired) electrons. The quantitative estimate of drug-likeness (QED) is 0.928. The monoisotopic (exact) mass is 347 g/mol. The molecule has 1 N–H and O–H groups in total. The first-order valence-corrected chi connectivity index (χ1v) is 7.44. The molecule has 0 saturated heterocycles. The predicted molar refractivity (Wildman–Crippen MR) is 82.8 cm³/mol. The van der Waals surface area contributed by atoms with Crippen molar-refractivity contribution in [2.24, 2.45) is 0 Å². The zero-order valence-corrected chi connectivity index (χ0v) is 12.8. The first-order chi connectivity index (χ1) is 10.2. The van der Waals surface area contributed by atoms with E-state index in [2.05, 4.69) is 21.2 Å². The number of carbonyl (C=O) groups excluding carboxylic acids is 1. The molecule has 108 valence electrons. The third-order valence-electron chi connectivity index (χ3n) is 3.16. The Bertz CT molecular complexity index is 642. The van der Waals surface area contributed by atoms with Crippen LogP contribution in [0.3, 0.4) is 0 Å².